The number of ketones is 1. The highest BCUT2D eigenvalue weighted by atomic mass is 35.5. The molecule has 0 aliphatic rings. The molecule has 8 heteroatoms. The Hall–Kier alpha value is -2.12. The van der Waals surface area contributed by atoms with E-state index in [0.29, 0.717) is 23.6 Å². The molecular weight excluding hydrogens is 434 g/mol. The molecular formula is C24H36ClNO6. The average Bonchev–Trinajstić information content (AvgIpc) is 2.74. The number of rotatable bonds is 15. The van der Waals surface area contributed by atoms with Crippen molar-refractivity contribution >= 4 is 29.4 Å². The van der Waals surface area contributed by atoms with Gasteiger partial charge in [0.1, 0.15) is 0 Å². The van der Waals surface area contributed by atoms with Crippen LogP contribution in [-0.2, 0) is 19.1 Å². The summed E-state index contributed by atoms with van der Waals surface area (Å²) in [5.41, 5.74) is 0.589. The number of ether oxygens (including phenoxy) is 2. The Morgan fingerprint density at radius 2 is 1.75 bits per heavy atom. The molecule has 2 N–H and O–H groups in total. The molecule has 1 amide bonds. The van der Waals surface area contributed by atoms with Gasteiger partial charge < -0.3 is 19.9 Å². The van der Waals surface area contributed by atoms with Crippen LogP contribution < -0.4 is 5.32 Å². The van der Waals surface area contributed by atoms with Crippen LogP contribution in [0.2, 0.25) is 5.02 Å². The van der Waals surface area contributed by atoms with Crippen molar-refractivity contribution in [3.05, 3.63) is 34.9 Å². The predicted octanol–water partition coefficient (Wildman–Crippen LogP) is 5.55. The van der Waals surface area contributed by atoms with E-state index in [4.69, 9.17) is 21.1 Å². The van der Waals surface area contributed by atoms with E-state index in [1.807, 2.05) is 6.92 Å². The summed E-state index contributed by atoms with van der Waals surface area (Å²) in [5.74, 6) is -4.12. The molecule has 1 rings (SSSR count). The van der Waals surface area contributed by atoms with Gasteiger partial charge in [0.2, 0.25) is 5.78 Å². The quantitative estimate of drug-likeness (QED) is 0.258. The zero-order valence-corrected chi connectivity index (χ0v) is 20.2. The molecule has 7 nitrogen and oxygen atoms in total. The van der Waals surface area contributed by atoms with Gasteiger partial charge in [0.25, 0.3) is 5.79 Å². The lowest BCUT2D eigenvalue weighted by molar-refractivity contribution is -0.223. The monoisotopic (exact) mass is 469 g/mol. The summed E-state index contributed by atoms with van der Waals surface area (Å²) in [7, 11) is 0. The van der Waals surface area contributed by atoms with Gasteiger partial charge in [0.15, 0.2) is 0 Å². The molecule has 0 heterocycles. The number of halogens is 1. The maximum Gasteiger partial charge on any atom is 0.410 e. The second kappa shape index (κ2) is 14.1. The Morgan fingerprint density at radius 3 is 2.28 bits per heavy atom. The number of aliphatic carboxylic acids is 1. The van der Waals surface area contributed by atoms with E-state index in [-0.39, 0.29) is 31.1 Å². The molecule has 0 radical (unpaired) electrons. The van der Waals surface area contributed by atoms with Gasteiger partial charge in [0.05, 0.1) is 12.5 Å². The standard InChI is InChI=1S/C24H36ClNO6/c1-5-7-8-16-31-24(17(3)4,21(27)9-6-2)32-23(30)26-15-14-20(22(28)29)18-10-12-19(25)13-11-18/h10-13,17,20H,5-9,14-16H2,1-4H3,(H,26,30)(H,28,29). The third-order valence-corrected chi connectivity index (χ3v) is 5.46. The van der Waals surface area contributed by atoms with Crippen molar-refractivity contribution in [2.45, 2.75) is 77.9 Å². The van der Waals surface area contributed by atoms with Gasteiger partial charge in [0, 0.05) is 23.9 Å². The number of carboxylic acids is 1. The first-order valence-electron chi connectivity index (χ1n) is 11.3. The fourth-order valence-corrected chi connectivity index (χ4v) is 3.50. The number of amides is 1. The number of carbonyl (C=O) groups excluding carboxylic acids is 2. The van der Waals surface area contributed by atoms with Crippen LogP contribution in [0.5, 0.6) is 0 Å². The summed E-state index contributed by atoms with van der Waals surface area (Å²) in [4.78, 5) is 37.1. The molecule has 1 aromatic rings. The highest BCUT2D eigenvalue weighted by molar-refractivity contribution is 6.30. The van der Waals surface area contributed by atoms with Gasteiger partial charge in [-0.1, -0.05) is 64.3 Å². The summed E-state index contributed by atoms with van der Waals surface area (Å²) < 4.78 is 11.5. The van der Waals surface area contributed by atoms with Crippen molar-refractivity contribution in [3.8, 4) is 0 Å². The number of hydrogen-bond donors (Lipinski definition) is 2. The van der Waals surface area contributed by atoms with Crippen LogP contribution in [0, 0.1) is 5.92 Å². The number of carbonyl (C=O) groups is 3. The number of unbranched alkanes of at least 4 members (excludes halogenated alkanes) is 2. The van der Waals surface area contributed by atoms with E-state index in [1.54, 1.807) is 38.1 Å². The summed E-state index contributed by atoms with van der Waals surface area (Å²) in [5, 5.41) is 12.6. The third kappa shape index (κ3) is 8.43. The zero-order valence-electron chi connectivity index (χ0n) is 19.5. The van der Waals surface area contributed by atoms with Crippen LogP contribution in [0.15, 0.2) is 24.3 Å². The summed E-state index contributed by atoms with van der Waals surface area (Å²) in [6, 6.07) is 6.55. The lowest BCUT2D eigenvalue weighted by Crippen LogP contribution is -2.52. The molecule has 32 heavy (non-hydrogen) atoms. The largest absolute Gasteiger partial charge is 0.481 e. The second-order valence-electron chi connectivity index (χ2n) is 8.10. The average molecular weight is 470 g/mol. The molecule has 0 spiro atoms. The molecule has 180 valence electrons. The molecule has 0 fully saturated rings. The first kappa shape index (κ1) is 27.9. The highest BCUT2D eigenvalue weighted by Crippen LogP contribution is 2.28. The number of nitrogens with one attached hydrogen (secondary N) is 1. The lowest BCUT2D eigenvalue weighted by atomic mass is 9.95. The fourth-order valence-electron chi connectivity index (χ4n) is 3.37. The van der Waals surface area contributed by atoms with Crippen molar-refractivity contribution in [3.63, 3.8) is 0 Å². The van der Waals surface area contributed by atoms with E-state index >= 15 is 0 Å². The van der Waals surface area contributed by atoms with Crippen LogP contribution in [0.4, 0.5) is 4.79 Å². The van der Waals surface area contributed by atoms with Crippen molar-refractivity contribution in [2.75, 3.05) is 13.2 Å². The van der Waals surface area contributed by atoms with Crippen LogP contribution in [0.3, 0.4) is 0 Å². The minimum atomic E-state index is -1.66. The van der Waals surface area contributed by atoms with Gasteiger partial charge in [-0.3, -0.25) is 9.59 Å². The molecule has 0 aliphatic carbocycles. The topological polar surface area (TPSA) is 102 Å². The SMILES string of the molecule is CCCCCOC(OC(=O)NCCC(C(=O)O)c1ccc(Cl)cc1)(C(=O)CCC)C(C)C. The van der Waals surface area contributed by atoms with Crippen LogP contribution in [0.1, 0.15) is 77.7 Å². The number of benzene rings is 1. The van der Waals surface area contributed by atoms with E-state index in [2.05, 4.69) is 12.2 Å². The first-order chi connectivity index (χ1) is 15.2. The van der Waals surface area contributed by atoms with E-state index in [1.165, 1.54) is 0 Å². The van der Waals surface area contributed by atoms with Gasteiger partial charge in [-0.2, -0.15) is 0 Å². The molecule has 0 aromatic heterocycles. The number of hydrogen-bond acceptors (Lipinski definition) is 5. The lowest BCUT2D eigenvalue weighted by Gasteiger charge is -2.35. The number of alkyl carbamates (subject to hydrolysis) is 1. The fraction of sp³-hybridized carbons (Fsp3) is 0.625. The predicted molar refractivity (Wildman–Crippen MR) is 124 cm³/mol. The zero-order chi connectivity index (χ0) is 24.1. The van der Waals surface area contributed by atoms with Crippen molar-refractivity contribution in [1.29, 1.82) is 0 Å². The van der Waals surface area contributed by atoms with Crippen LogP contribution in [-0.4, -0.2) is 41.9 Å². The Balaban J connectivity index is 2.82. The van der Waals surface area contributed by atoms with Gasteiger partial charge in [-0.25, -0.2) is 4.79 Å². The minimum Gasteiger partial charge on any atom is -0.481 e. The van der Waals surface area contributed by atoms with E-state index in [9.17, 15) is 19.5 Å². The van der Waals surface area contributed by atoms with E-state index in [0.717, 1.165) is 19.3 Å². The molecule has 2 atom stereocenters. The Kier molecular flexibility index (Phi) is 12.3. The molecule has 0 saturated heterocycles. The summed E-state index contributed by atoms with van der Waals surface area (Å²) >= 11 is 5.87. The van der Waals surface area contributed by atoms with Crippen LogP contribution >= 0.6 is 11.6 Å². The minimum absolute atomic E-state index is 0.0599. The number of Topliss-reactive ketones (excluding diaryl/α,β-unsaturated/α-hetero) is 1. The summed E-state index contributed by atoms with van der Waals surface area (Å²) in [6.45, 7) is 7.87. The highest BCUT2D eigenvalue weighted by Gasteiger charge is 2.46. The first-order valence-corrected chi connectivity index (χ1v) is 11.7. The maximum absolute atomic E-state index is 12.9. The maximum atomic E-state index is 12.9. The molecule has 2 unspecified atom stereocenters. The van der Waals surface area contributed by atoms with Crippen LogP contribution in [0.25, 0.3) is 0 Å². The van der Waals surface area contributed by atoms with Crippen molar-refractivity contribution in [1.82, 2.24) is 5.32 Å². The molecule has 1 aromatic carbocycles. The van der Waals surface area contributed by atoms with Gasteiger partial charge >= 0.3 is 12.1 Å². The van der Waals surface area contributed by atoms with Crippen molar-refractivity contribution < 1.29 is 29.0 Å². The molecule has 0 bridgehead atoms. The Bertz CT molecular complexity index is 737. The third-order valence-electron chi connectivity index (χ3n) is 5.21. The normalized spacial score (nSPS) is 13.9. The van der Waals surface area contributed by atoms with E-state index < -0.39 is 23.8 Å². The molecule has 0 saturated carbocycles. The smallest absolute Gasteiger partial charge is 0.410 e. The van der Waals surface area contributed by atoms with Gasteiger partial charge in [-0.05, 0) is 37.0 Å². The number of carboxylic acid groups (broad SMARTS) is 1. The second-order valence-corrected chi connectivity index (χ2v) is 8.53. The summed E-state index contributed by atoms with van der Waals surface area (Å²) in [6.07, 6.45) is 2.90. The molecule has 0 aliphatic heterocycles. The Labute approximate surface area is 195 Å². The Morgan fingerprint density at radius 1 is 1.09 bits per heavy atom. The van der Waals surface area contributed by atoms with Crippen molar-refractivity contribution in [2.24, 2.45) is 5.92 Å². The van der Waals surface area contributed by atoms with Gasteiger partial charge in [-0.15, -0.1) is 0 Å².